The third-order valence-electron chi connectivity index (χ3n) is 10.3. The highest BCUT2D eigenvalue weighted by Crippen LogP contribution is 2.72. The van der Waals surface area contributed by atoms with E-state index in [2.05, 4.69) is 27.5 Å². The molecule has 0 fully saturated rings. The molecule has 0 radical (unpaired) electrons. The SMILES string of the molecule is CCCCCCCCCC(=O)Oc1ccc(COP(=O)(OCc2ccc(OC(=O)CCCCCCCCC)cc2)OP(=O)(O)OP(=O)(O)OP(=O)(O)OC[C@@H]2C=C[C@H](n3cc(C)c(=O)[nH]c3=O)O2)cc1. The summed E-state index contributed by atoms with van der Waals surface area (Å²) in [4.78, 5) is 81.8. The van der Waals surface area contributed by atoms with E-state index in [1.54, 1.807) is 0 Å². The van der Waals surface area contributed by atoms with Gasteiger partial charge in [0.05, 0.1) is 19.8 Å². The number of carbonyl (C=O) groups excluding carboxylic acids is 2. The zero-order valence-electron chi connectivity index (χ0n) is 39.5. The topological polar surface area (TPSA) is 301 Å². The molecule has 22 nitrogen and oxygen atoms in total. The first-order valence-corrected chi connectivity index (χ1v) is 29.0. The number of aryl methyl sites for hydroxylation is 1. The van der Waals surface area contributed by atoms with Crippen molar-refractivity contribution in [2.45, 2.75) is 149 Å². The molecule has 26 heteroatoms. The second kappa shape index (κ2) is 29.1. The summed E-state index contributed by atoms with van der Waals surface area (Å²) in [6.07, 6.45) is 16.5. The predicted octanol–water partition coefficient (Wildman–Crippen LogP) is 10.3. The fourth-order valence-corrected chi connectivity index (χ4v) is 12.1. The number of esters is 2. The van der Waals surface area contributed by atoms with Crippen molar-refractivity contribution >= 4 is 43.2 Å². The van der Waals surface area contributed by atoms with Crippen molar-refractivity contribution in [2.24, 2.45) is 0 Å². The average Bonchev–Trinajstić information content (AvgIpc) is 3.76. The first kappa shape index (κ1) is 58.9. The van der Waals surface area contributed by atoms with Crippen molar-refractivity contribution in [3.05, 3.63) is 104 Å². The van der Waals surface area contributed by atoms with Crippen LogP contribution in [0.3, 0.4) is 0 Å². The van der Waals surface area contributed by atoms with E-state index in [4.69, 9.17) is 32.1 Å². The average molecular weight is 1060 g/mol. The molecule has 0 saturated carbocycles. The van der Waals surface area contributed by atoms with Crippen molar-refractivity contribution in [2.75, 3.05) is 6.61 Å². The Kier molecular flexibility index (Phi) is 24.5. The molecule has 3 unspecified atom stereocenters. The second-order valence-electron chi connectivity index (χ2n) is 16.3. The Morgan fingerprint density at radius 1 is 0.614 bits per heavy atom. The number of hydrogen-bond donors (Lipinski definition) is 4. The van der Waals surface area contributed by atoms with Gasteiger partial charge < -0.3 is 28.9 Å². The number of ether oxygens (including phenoxy) is 3. The molecule has 5 atom stereocenters. The number of aromatic nitrogens is 2. The van der Waals surface area contributed by atoms with E-state index in [9.17, 15) is 52.1 Å². The highest BCUT2D eigenvalue weighted by molar-refractivity contribution is 7.69. The molecule has 1 aliphatic heterocycles. The molecular weight excluding hydrogens is 1000 g/mol. The van der Waals surface area contributed by atoms with E-state index in [0.717, 1.165) is 68.8 Å². The minimum Gasteiger partial charge on any atom is -0.427 e. The lowest BCUT2D eigenvalue weighted by Gasteiger charge is -2.22. The Bertz CT molecular complexity index is 2390. The van der Waals surface area contributed by atoms with E-state index < -0.39 is 86.6 Å². The van der Waals surface area contributed by atoms with Gasteiger partial charge in [-0.3, -0.25) is 37.5 Å². The van der Waals surface area contributed by atoms with Crippen LogP contribution in [-0.4, -0.2) is 48.9 Å². The van der Waals surface area contributed by atoms with Gasteiger partial charge in [-0.1, -0.05) is 121 Å². The Labute approximate surface area is 406 Å². The molecule has 4 N–H and O–H groups in total. The lowest BCUT2D eigenvalue weighted by Crippen LogP contribution is -2.33. The highest BCUT2D eigenvalue weighted by Gasteiger charge is 2.47. The van der Waals surface area contributed by atoms with Gasteiger partial charge in [-0.05, 0) is 61.2 Å². The maximum Gasteiger partial charge on any atom is 0.490 e. The number of aromatic amines is 1. The molecule has 390 valence electrons. The molecular formula is C44H64N2O20P4. The molecule has 0 saturated heterocycles. The van der Waals surface area contributed by atoms with E-state index in [1.807, 2.05) is 0 Å². The molecule has 0 amide bonds. The minimum absolute atomic E-state index is 0.182. The third-order valence-corrected chi connectivity index (χ3v) is 16.6. The second-order valence-corrected chi connectivity index (χ2v) is 22.8. The standard InChI is InChI=1S/C44H64N2O20P4/c1-4-6-8-10-12-14-16-18-41(47)62-37-24-20-35(21-25-37)31-59-70(57,60-32-36-22-26-38(27-23-36)63-42(48)19-17-15-13-11-9-7-5-2)66-69(55,56)65-68(53,54)64-67(51,52)58-33-39-28-29-40(61-39)46-30-34(3)43(49)45-44(46)50/h20-30,39-40H,4-19,31-33H2,1-3H3,(H,51,52)(H,53,54)(H,55,56)(H,45,49,50)/t39-,40+/m0/s1. The van der Waals surface area contributed by atoms with E-state index in [1.165, 1.54) is 86.6 Å². The van der Waals surface area contributed by atoms with E-state index >= 15 is 0 Å². The Morgan fingerprint density at radius 2 is 1.06 bits per heavy atom. The molecule has 1 aliphatic rings. The number of rotatable bonds is 34. The molecule has 4 rings (SSSR count). The van der Waals surface area contributed by atoms with Crippen molar-refractivity contribution in [1.82, 2.24) is 9.55 Å². The van der Waals surface area contributed by atoms with Gasteiger partial charge in [0.2, 0.25) is 0 Å². The lowest BCUT2D eigenvalue weighted by atomic mass is 10.1. The van der Waals surface area contributed by atoms with Crippen LogP contribution in [0.4, 0.5) is 0 Å². The molecule has 0 spiro atoms. The summed E-state index contributed by atoms with van der Waals surface area (Å²) in [6.45, 7) is 3.61. The van der Waals surface area contributed by atoms with Crippen molar-refractivity contribution in [3.63, 3.8) is 0 Å². The van der Waals surface area contributed by atoms with Crippen LogP contribution < -0.4 is 20.7 Å². The van der Waals surface area contributed by atoms with E-state index in [0.29, 0.717) is 12.8 Å². The molecule has 70 heavy (non-hydrogen) atoms. The zero-order chi connectivity index (χ0) is 51.2. The largest absolute Gasteiger partial charge is 0.490 e. The van der Waals surface area contributed by atoms with Crippen LogP contribution in [0.2, 0.25) is 0 Å². The molecule has 3 aromatic rings. The number of nitrogens with zero attached hydrogens (tertiary/aromatic N) is 1. The Balaban J connectivity index is 1.36. The number of phosphoric ester groups is 2. The van der Waals surface area contributed by atoms with E-state index in [-0.39, 0.29) is 41.0 Å². The third kappa shape index (κ3) is 22.4. The predicted molar refractivity (Wildman–Crippen MR) is 254 cm³/mol. The first-order chi connectivity index (χ1) is 33.2. The fourth-order valence-electron chi connectivity index (χ4n) is 6.64. The van der Waals surface area contributed by atoms with Gasteiger partial charge >= 0.3 is 48.9 Å². The highest BCUT2D eigenvalue weighted by atomic mass is 31.3. The molecule has 2 heterocycles. The van der Waals surface area contributed by atoms with Gasteiger partial charge in [0, 0.05) is 24.6 Å². The first-order valence-electron chi connectivity index (χ1n) is 23.1. The van der Waals surface area contributed by atoms with Crippen LogP contribution in [0, 0.1) is 6.92 Å². The summed E-state index contributed by atoms with van der Waals surface area (Å²) in [6, 6.07) is 11.4. The van der Waals surface area contributed by atoms with Crippen LogP contribution in [0.15, 0.2) is 76.5 Å². The number of phosphoric acid groups is 4. The molecule has 0 aliphatic carbocycles. The summed E-state index contributed by atoms with van der Waals surface area (Å²) in [5, 5.41) is 0. The number of unbranched alkanes of at least 4 members (excludes halogenated alkanes) is 12. The number of nitrogens with one attached hydrogen (secondary N) is 1. The van der Waals surface area contributed by atoms with Crippen LogP contribution in [0.1, 0.15) is 139 Å². The lowest BCUT2D eigenvalue weighted by molar-refractivity contribution is -0.135. The Hall–Kier alpha value is -3.68. The monoisotopic (exact) mass is 1060 g/mol. The van der Waals surface area contributed by atoms with Crippen LogP contribution in [0.5, 0.6) is 11.5 Å². The number of H-pyrrole nitrogens is 1. The van der Waals surface area contributed by atoms with Gasteiger partial charge in [-0.15, -0.1) is 0 Å². The quantitative estimate of drug-likeness (QED) is 0.0142. The molecule has 0 bridgehead atoms. The number of hydrogen-bond acceptors (Lipinski definition) is 17. The summed E-state index contributed by atoms with van der Waals surface area (Å²) < 4.78 is 98.4. The maximum absolute atomic E-state index is 14.0. The minimum atomic E-state index is -6.11. The van der Waals surface area contributed by atoms with Crippen LogP contribution in [-0.2, 0) is 72.3 Å². The van der Waals surface area contributed by atoms with Gasteiger partial charge in [0.25, 0.3) is 5.56 Å². The van der Waals surface area contributed by atoms with Crippen LogP contribution >= 0.6 is 31.3 Å². The smallest absolute Gasteiger partial charge is 0.427 e. The summed E-state index contributed by atoms with van der Waals surface area (Å²) in [5.74, 6) is -0.466. The summed E-state index contributed by atoms with van der Waals surface area (Å²) >= 11 is 0. The fraction of sp³-hybridized carbons (Fsp3) is 0.545. The molecule has 1 aromatic heterocycles. The van der Waals surface area contributed by atoms with Crippen molar-refractivity contribution in [1.29, 1.82) is 0 Å². The zero-order valence-corrected chi connectivity index (χ0v) is 43.0. The normalized spacial score (nSPS) is 17.4. The van der Waals surface area contributed by atoms with Gasteiger partial charge in [-0.25, -0.2) is 23.1 Å². The molecule has 2 aromatic carbocycles. The van der Waals surface area contributed by atoms with Gasteiger partial charge in [-0.2, -0.15) is 12.9 Å². The van der Waals surface area contributed by atoms with Crippen molar-refractivity contribution in [3.8, 4) is 11.5 Å². The van der Waals surface area contributed by atoms with Crippen molar-refractivity contribution < 1.29 is 83.2 Å². The number of carbonyl (C=O) groups is 2. The van der Waals surface area contributed by atoms with Gasteiger partial charge in [0.15, 0.2) is 6.23 Å². The van der Waals surface area contributed by atoms with Crippen LogP contribution in [0.25, 0.3) is 0 Å². The van der Waals surface area contributed by atoms with Gasteiger partial charge in [0.1, 0.15) is 17.6 Å². The Morgan fingerprint density at radius 3 is 1.54 bits per heavy atom. The summed E-state index contributed by atoms with van der Waals surface area (Å²) in [7, 11) is -23.2. The summed E-state index contributed by atoms with van der Waals surface area (Å²) in [5.41, 5.74) is -0.730. The maximum atomic E-state index is 14.0. The number of benzene rings is 2.